The van der Waals surface area contributed by atoms with Crippen LogP contribution in [-0.2, 0) is 9.47 Å². The molecule has 0 bridgehead atoms. The van der Waals surface area contributed by atoms with Gasteiger partial charge in [-0.15, -0.1) is 5.10 Å². The molecule has 2 heterocycles. The molecule has 174 valence electrons. The molecule has 0 saturated heterocycles. The summed E-state index contributed by atoms with van der Waals surface area (Å²) in [6.07, 6.45) is -0.305. The maximum absolute atomic E-state index is 6.60. The Hall–Kier alpha value is -2.25. The molecule has 0 aliphatic carbocycles. The van der Waals surface area contributed by atoms with E-state index < -0.39 is 0 Å². The maximum Gasteiger partial charge on any atom is 0.261 e. The number of hydrogen-bond acceptors (Lipinski definition) is 5. The third-order valence-electron chi connectivity index (χ3n) is 5.45. The maximum atomic E-state index is 6.60. The summed E-state index contributed by atoms with van der Waals surface area (Å²) in [6.45, 7) is 8.53. The summed E-state index contributed by atoms with van der Waals surface area (Å²) in [5, 5.41) is 13.2. The van der Waals surface area contributed by atoms with Crippen molar-refractivity contribution in [3.63, 3.8) is 0 Å². The number of aromatic nitrogens is 2. The van der Waals surface area contributed by atoms with Crippen LogP contribution in [0.2, 0.25) is 15.1 Å². The molecule has 3 aromatic rings. The number of ether oxygens (including phenoxy) is 2. The molecule has 0 saturated carbocycles. The molecule has 1 atom stereocenters. The van der Waals surface area contributed by atoms with Crippen LogP contribution >= 0.6 is 34.8 Å². The van der Waals surface area contributed by atoms with E-state index >= 15 is 0 Å². The average molecular weight is 508 g/mol. The van der Waals surface area contributed by atoms with E-state index in [2.05, 4.69) is 20.8 Å². The Labute approximate surface area is 208 Å². The van der Waals surface area contributed by atoms with Crippen molar-refractivity contribution in [3.05, 3.63) is 68.8 Å². The highest BCUT2D eigenvalue weighted by atomic mass is 35.5. The Bertz CT molecular complexity index is 1200. The van der Waals surface area contributed by atoms with E-state index in [4.69, 9.17) is 54.5 Å². The van der Waals surface area contributed by atoms with Crippen molar-refractivity contribution in [1.29, 1.82) is 0 Å². The van der Waals surface area contributed by atoms with Gasteiger partial charge in [-0.1, -0.05) is 46.9 Å². The molecule has 4 rings (SSSR count). The van der Waals surface area contributed by atoms with Crippen LogP contribution in [0.3, 0.4) is 0 Å². The van der Waals surface area contributed by atoms with Gasteiger partial charge in [0.15, 0.2) is 12.4 Å². The zero-order valence-corrected chi connectivity index (χ0v) is 21.3. The van der Waals surface area contributed by atoms with Crippen molar-refractivity contribution in [2.24, 2.45) is 5.10 Å². The summed E-state index contributed by atoms with van der Waals surface area (Å²) in [5.41, 5.74) is 3.60. The molecule has 6 nitrogen and oxygen atoms in total. The third-order valence-corrected chi connectivity index (χ3v) is 6.24. The lowest BCUT2D eigenvalue weighted by atomic mass is 10.0. The Morgan fingerprint density at radius 2 is 1.70 bits per heavy atom. The van der Waals surface area contributed by atoms with Crippen molar-refractivity contribution in [3.8, 4) is 16.9 Å². The van der Waals surface area contributed by atoms with E-state index in [0.717, 1.165) is 16.8 Å². The van der Waals surface area contributed by atoms with Gasteiger partial charge in [-0.2, -0.15) is 5.10 Å². The smallest absolute Gasteiger partial charge is 0.261 e. The topological polar surface area (TPSA) is 51.9 Å². The highest BCUT2D eigenvalue weighted by molar-refractivity contribution is 6.35. The third kappa shape index (κ3) is 4.71. The Morgan fingerprint density at radius 3 is 2.27 bits per heavy atom. The average Bonchev–Trinajstić information content (AvgIpc) is 3.39. The standard InChI is InChI=1S/C24H25Cl3N4O2/c1-14(32-5)20-21(23-29-30(13-33-23)24(2,3)4)28-31(19-11-10-17(26)12-18(19)27)22(20)15-6-8-16(25)9-7-15/h6-12,14H,13H2,1-5H3. The van der Waals surface area contributed by atoms with E-state index in [0.29, 0.717) is 39.1 Å². The molecular weight excluding hydrogens is 483 g/mol. The van der Waals surface area contributed by atoms with Crippen molar-refractivity contribution >= 4 is 40.7 Å². The number of nitrogens with zero attached hydrogens (tertiary/aromatic N) is 4. The fraction of sp³-hybridized carbons (Fsp3) is 0.333. The molecule has 0 radical (unpaired) electrons. The first kappa shape index (κ1) is 23.9. The van der Waals surface area contributed by atoms with E-state index in [1.807, 2.05) is 42.3 Å². The molecule has 9 heteroatoms. The molecule has 1 aliphatic heterocycles. The van der Waals surface area contributed by atoms with Gasteiger partial charge in [0.1, 0.15) is 0 Å². The number of hydrazone groups is 1. The second-order valence-electron chi connectivity index (χ2n) is 8.75. The van der Waals surface area contributed by atoms with Gasteiger partial charge in [0.05, 0.1) is 28.0 Å². The molecular formula is C24H25Cl3N4O2. The Balaban J connectivity index is 2.01. The molecule has 0 fully saturated rings. The van der Waals surface area contributed by atoms with Gasteiger partial charge in [-0.25, -0.2) is 4.68 Å². The summed E-state index contributed by atoms with van der Waals surface area (Å²) in [5.74, 6) is 0.433. The van der Waals surface area contributed by atoms with Crippen molar-refractivity contribution < 1.29 is 9.47 Å². The van der Waals surface area contributed by atoms with E-state index in [9.17, 15) is 0 Å². The van der Waals surface area contributed by atoms with Gasteiger partial charge in [0, 0.05) is 28.3 Å². The lowest BCUT2D eigenvalue weighted by Crippen LogP contribution is -2.35. The molecule has 0 N–H and O–H groups in total. The van der Waals surface area contributed by atoms with Crippen LogP contribution in [0.15, 0.2) is 47.6 Å². The van der Waals surface area contributed by atoms with Crippen molar-refractivity contribution in [2.75, 3.05) is 13.8 Å². The van der Waals surface area contributed by atoms with Crippen molar-refractivity contribution in [1.82, 2.24) is 14.8 Å². The van der Waals surface area contributed by atoms with Crippen LogP contribution in [-0.4, -0.2) is 40.1 Å². The number of halogens is 3. The van der Waals surface area contributed by atoms with Gasteiger partial charge in [0.2, 0.25) is 0 Å². The summed E-state index contributed by atoms with van der Waals surface area (Å²) >= 11 is 18.9. The van der Waals surface area contributed by atoms with E-state index in [1.165, 1.54) is 0 Å². The molecule has 0 spiro atoms. The van der Waals surface area contributed by atoms with Crippen molar-refractivity contribution in [2.45, 2.75) is 39.3 Å². The summed E-state index contributed by atoms with van der Waals surface area (Å²) in [7, 11) is 1.66. The summed E-state index contributed by atoms with van der Waals surface area (Å²) in [6, 6.07) is 12.9. The van der Waals surface area contributed by atoms with Crippen LogP contribution < -0.4 is 0 Å². The molecule has 0 amide bonds. The molecule has 2 aromatic carbocycles. The quantitative estimate of drug-likeness (QED) is 0.375. The molecule has 1 aromatic heterocycles. The number of methoxy groups -OCH3 is 1. The Kier molecular flexibility index (Phi) is 6.65. The first-order valence-corrected chi connectivity index (χ1v) is 11.6. The molecule has 1 aliphatic rings. The van der Waals surface area contributed by atoms with Gasteiger partial charge in [-0.05, 0) is 58.0 Å². The normalized spacial score (nSPS) is 14.9. The number of hydrogen-bond donors (Lipinski definition) is 0. The fourth-order valence-electron chi connectivity index (χ4n) is 3.55. The van der Waals surface area contributed by atoms with Gasteiger partial charge >= 0.3 is 0 Å². The lowest BCUT2D eigenvalue weighted by molar-refractivity contribution is 0.0806. The second-order valence-corrected chi connectivity index (χ2v) is 10.0. The minimum absolute atomic E-state index is 0.199. The second kappa shape index (κ2) is 9.18. The van der Waals surface area contributed by atoms with Gasteiger partial charge < -0.3 is 9.47 Å². The predicted octanol–water partition coefficient (Wildman–Crippen LogP) is 6.96. The highest BCUT2D eigenvalue weighted by Gasteiger charge is 2.34. The van der Waals surface area contributed by atoms with Crippen LogP contribution in [0, 0.1) is 0 Å². The lowest BCUT2D eigenvalue weighted by Gasteiger charge is -2.27. The minimum Gasteiger partial charge on any atom is -0.452 e. The number of benzene rings is 2. The SMILES string of the molecule is COC(C)c1c(C2=NN(C(C)(C)C)CO2)nn(-c2ccc(Cl)cc2Cl)c1-c1ccc(Cl)cc1. The monoisotopic (exact) mass is 506 g/mol. The van der Waals surface area contributed by atoms with Crippen LogP contribution in [0.1, 0.15) is 45.1 Å². The van der Waals surface area contributed by atoms with Gasteiger partial charge in [0.25, 0.3) is 5.90 Å². The highest BCUT2D eigenvalue weighted by Crippen LogP contribution is 2.38. The predicted molar refractivity (Wildman–Crippen MR) is 134 cm³/mol. The Morgan fingerprint density at radius 1 is 1.03 bits per heavy atom. The summed E-state index contributed by atoms with van der Waals surface area (Å²) in [4.78, 5) is 0. The zero-order valence-electron chi connectivity index (χ0n) is 19.1. The zero-order chi connectivity index (χ0) is 23.9. The first-order chi connectivity index (χ1) is 15.6. The van der Waals surface area contributed by atoms with Crippen LogP contribution in [0.4, 0.5) is 0 Å². The largest absolute Gasteiger partial charge is 0.452 e. The van der Waals surface area contributed by atoms with Crippen LogP contribution in [0.25, 0.3) is 16.9 Å². The number of rotatable bonds is 5. The van der Waals surface area contributed by atoms with E-state index in [-0.39, 0.29) is 11.6 Å². The van der Waals surface area contributed by atoms with E-state index in [1.54, 1.807) is 23.9 Å². The molecule has 33 heavy (non-hydrogen) atoms. The van der Waals surface area contributed by atoms with Gasteiger partial charge in [-0.3, -0.25) is 5.01 Å². The fourth-order valence-corrected chi connectivity index (χ4v) is 4.17. The van der Waals surface area contributed by atoms with Crippen LogP contribution in [0.5, 0.6) is 0 Å². The molecule has 1 unspecified atom stereocenters. The summed E-state index contributed by atoms with van der Waals surface area (Å²) < 4.78 is 13.5. The minimum atomic E-state index is -0.305. The first-order valence-electron chi connectivity index (χ1n) is 10.5.